The number of ether oxygens (including phenoxy) is 1. The first kappa shape index (κ1) is 14.5. The second-order valence-corrected chi connectivity index (χ2v) is 5.52. The third-order valence-corrected chi connectivity index (χ3v) is 3.44. The van der Waals surface area contributed by atoms with Crippen LogP contribution in [0.1, 0.15) is 27.8 Å². The van der Waals surface area contributed by atoms with Gasteiger partial charge in [0, 0.05) is 5.56 Å². The molecule has 0 atom stereocenters. The van der Waals surface area contributed by atoms with Gasteiger partial charge < -0.3 is 10.5 Å². The zero-order valence-corrected chi connectivity index (χ0v) is 12.9. The summed E-state index contributed by atoms with van der Waals surface area (Å²) in [6.45, 7) is 6.75. The predicted molar refractivity (Wildman–Crippen MR) is 87.3 cm³/mol. The molecular weight excluding hydrogens is 266 g/mol. The van der Waals surface area contributed by atoms with Crippen LogP contribution in [0, 0.1) is 20.8 Å². The van der Waals surface area contributed by atoms with Crippen molar-refractivity contribution in [3.05, 3.63) is 64.2 Å². The molecule has 20 heavy (non-hydrogen) atoms. The van der Waals surface area contributed by atoms with E-state index >= 15 is 0 Å². The Labute approximate surface area is 125 Å². The van der Waals surface area contributed by atoms with Crippen molar-refractivity contribution in [3.63, 3.8) is 0 Å². The van der Waals surface area contributed by atoms with Crippen molar-refractivity contribution in [1.29, 1.82) is 0 Å². The van der Waals surface area contributed by atoms with E-state index in [0.717, 1.165) is 28.0 Å². The van der Waals surface area contributed by atoms with E-state index in [0.29, 0.717) is 11.6 Å². The monoisotopic (exact) mass is 285 g/mol. The SMILES string of the molecule is Cc1cc(C)c(OCc2cccc(C(N)=S)c2)c(C)c1. The molecule has 0 fully saturated rings. The molecule has 0 aliphatic carbocycles. The zero-order valence-electron chi connectivity index (χ0n) is 12.1. The first-order chi connectivity index (χ1) is 9.47. The highest BCUT2D eigenvalue weighted by molar-refractivity contribution is 7.80. The molecule has 0 amide bonds. The molecule has 104 valence electrons. The van der Waals surface area contributed by atoms with E-state index in [1.54, 1.807) is 0 Å². The van der Waals surface area contributed by atoms with Gasteiger partial charge in [-0.1, -0.05) is 48.1 Å². The summed E-state index contributed by atoms with van der Waals surface area (Å²) >= 11 is 4.99. The van der Waals surface area contributed by atoms with Crippen LogP contribution in [0.25, 0.3) is 0 Å². The second kappa shape index (κ2) is 6.06. The molecule has 0 unspecified atom stereocenters. The van der Waals surface area contributed by atoms with Crippen molar-refractivity contribution in [2.24, 2.45) is 5.73 Å². The fourth-order valence-corrected chi connectivity index (χ4v) is 2.49. The summed E-state index contributed by atoms with van der Waals surface area (Å²) in [5.74, 6) is 0.955. The van der Waals surface area contributed by atoms with Gasteiger partial charge in [0.25, 0.3) is 0 Å². The molecule has 0 saturated heterocycles. The van der Waals surface area contributed by atoms with Crippen LogP contribution < -0.4 is 10.5 Å². The lowest BCUT2D eigenvalue weighted by Gasteiger charge is -2.13. The van der Waals surface area contributed by atoms with Crippen LogP contribution >= 0.6 is 12.2 Å². The summed E-state index contributed by atoms with van der Waals surface area (Å²) in [6, 6.07) is 12.1. The van der Waals surface area contributed by atoms with Crippen LogP contribution in [-0.4, -0.2) is 4.99 Å². The largest absolute Gasteiger partial charge is 0.488 e. The molecule has 2 nitrogen and oxygen atoms in total. The van der Waals surface area contributed by atoms with Gasteiger partial charge in [-0.3, -0.25) is 0 Å². The third kappa shape index (κ3) is 3.36. The number of hydrogen-bond donors (Lipinski definition) is 1. The number of nitrogens with two attached hydrogens (primary N) is 1. The van der Waals surface area contributed by atoms with Crippen LogP contribution in [0.3, 0.4) is 0 Å². The van der Waals surface area contributed by atoms with Gasteiger partial charge in [-0.2, -0.15) is 0 Å². The van der Waals surface area contributed by atoms with Crippen LogP contribution in [0.5, 0.6) is 5.75 Å². The predicted octanol–water partition coefficient (Wildman–Crippen LogP) is 3.83. The maximum absolute atomic E-state index is 5.96. The van der Waals surface area contributed by atoms with Crippen LogP contribution in [0.4, 0.5) is 0 Å². The summed E-state index contributed by atoms with van der Waals surface area (Å²) in [7, 11) is 0. The van der Waals surface area contributed by atoms with Crippen LogP contribution in [-0.2, 0) is 6.61 Å². The van der Waals surface area contributed by atoms with Crippen molar-refractivity contribution in [2.75, 3.05) is 0 Å². The maximum Gasteiger partial charge on any atom is 0.125 e. The van der Waals surface area contributed by atoms with E-state index in [2.05, 4.69) is 32.9 Å². The van der Waals surface area contributed by atoms with E-state index in [1.807, 2.05) is 24.3 Å². The molecule has 0 spiro atoms. The van der Waals surface area contributed by atoms with Crippen LogP contribution in [0.2, 0.25) is 0 Å². The summed E-state index contributed by atoms with van der Waals surface area (Å²) in [4.78, 5) is 0.412. The zero-order chi connectivity index (χ0) is 14.7. The Morgan fingerprint density at radius 1 is 1.10 bits per heavy atom. The first-order valence-corrected chi connectivity index (χ1v) is 6.97. The highest BCUT2D eigenvalue weighted by atomic mass is 32.1. The summed E-state index contributed by atoms with van der Waals surface area (Å²) in [6.07, 6.45) is 0. The third-order valence-electron chi connectivity index (χ3n) is 3.20. The lowest BCUT2D eigenvalue weighted by Crippen LogP contribution is -2.10. The molecule has 0 radical (unpaired) electrons. The van der Waals surface area contributed by atoms with Crippen molar-refractivity contribution < 1.29 is 4.74 Å². The van der Waals surface area contributed by atoms with Gasteiger partial charge in [-0.25, -0.2) is 0 Å². The molecule has 0 aliphatic rings. The van der Waals surface area contributed by atoms with Crippen molar-refractivity contribution in [1.82, 2.24) is 0 Å². The molecule has 2 aromatic rings. The Bertz CT molecular complexity index is 626. The number of aryl methyl sites for hydroxylation is 3. The average molecular weight is 285 g/mol. The highest BCUT2D eigenvalue weighted by Crippen LogP contribution is 2.25. The molecule has 2 N–H and O–H groups in total. The van der Waals surface area contributed by atoms with E-state index in [9.17, 15) is 0 Å². The molecular formula is C17H19NOS. The second-order valence-electron chi connectivity index (χ2n) is 5.08. The van der Waals surface area contributed by atoms with Gasteiger partial charge in [0.1, 0.15) is 17.3 Å². The van der Waals surface area contributed by atoms with Gasteiger partial charge in [-0.15, -0.1) is 0 Å². The fourth-order valence-electron chi connectivity index (χ4n) is 2.36. The molecule has 2 rings (SSSR count). The molecule has 0 heterocycles. The molecule has 0 aliphatic heterocycles. The van der Waals surface area contributed by atoms with Crippen LogP contribution in [0.15, 0.2) is 36.4 Å². The Morgan fingerprint density at radius 3 is 2.35 bits per heavy atom. The smallest absolute Gasteiger partial charge is 0.125 e. The highest BCUT2D eigenvalue weighted by Gasteiger charge is 2.06. The molecule has 3 heteroatoms. The Morgan fingerprint density at radius 2 is 1.75 bits per heavy atom. The van der Waals surface area contributed by atoms with Gasteiger partial charge in [0.15, 0.2) is 0 Å². The lowest BCUT2D eigenvalue weighted by atomic mass is 10.1. The maximum atomic E-state index is 5.96. The quantitative estimate of drug-likeness (QED) is 0.867. The summed E-state index contributed by atoms with van der Waals surface area (Å²) in [5.41, 5.74) is 11.2. The standard InChI is InChI=1S/C17H19NOS/c1-11-7-12(2)16(13(3)8-11)19-10-14-5-4-6-15(9-14)17(18)20/h4-9H,10H2,1-3H3,(H2,18,20). The topological polar surface area (TPSA) is 35.2 Å². The van der Waals surface area contributed by atoms with Gasteiger partial charge >= 0.3 is 0 Å². The van der Waals surface area contributed by atoms with E-state index in [1.165, 1.54) is 5.56 Å². The molecule has 2 aromatic carbocycles. The lowest BCUT2D eigenvalue weighted by molar-refractivity contribution is 0.302. The van der Waals surface area contributed by atoms with Crippen molar-refractivity contribution in [3.8, 4) is 5.75 Å². The average Bonchev–Trinajstić information content (AvgIpc) is 2.37. The minimum atomic E-state index is 0.412. The number of rotatable bonds is 4. The van der Waals surface area contributed by atoms with E-state index < -0.39 is 0 Å². The summed E-state index contributed by atoms with van der Waals surface area (Å²) in [5, 5.41) is 0. The molecule has 0 bridgehead atoms. The minimum absolute atomic E-state index is 0.412. The molecule has 0 saturated carbocycles. The minimum Gasteiger partial charge on any atom is -0.488 e. The number of benzene rings is 2. The number of hydrogen-bond acceptors (Lipinski definition) is 2. The normalized spacial score (nSPS) is 10.3. The Balaban J connectivity index is 2.17. The van der Waals surface area contributed by atoms with Crippen molar-refractivity contribution in [2.45, 2.75) is 27.4 Å². The van der Waals surface area contributed by atoms with Crippen molar-refractivity contribution >= 4 is 17.2 Å². The molecule has 0 aromatic heterocycles. The first-order valence-electron chi connectivity index (χ1n) is 6.57. The van der Waals surface area contributed by atoms with Gasteiger partial charge in [-0.05, 0) is 43.5 Å². The Hall–Kier alpha value is -1.87. The number of thiocarbonyl (C=S) groups is 1. The van der Waals surface area contributed by atoms with E-state index in [-0.39, 0.29) is 0 Å². The fraction of sp³-hybridized carbons (Fsp3) is 0.235. The summed E-state index contributed by atoms with van der Waals surface area (Å²) < 4.78 is 5.96. The van der Waals surface area contributed by atoms with Gasteiger partial charge in [0.05, 0.1) is 0 Å². The van der Waals surface area contributed by atoms with Gasteiger partial charge in [0.2, 0.25) is 0 Å². The Kier molecular flexibility index (Phi) is 4.40. The van der Waals surface area contributed by atoms with E-state index in [4.69, 9.17) is 22.7 Å².